The number of carbonyl (C=O) groups excluding carboxylic acids is 2. The lowest BCUT2D eigenvalue weighted by Gasteiger charge is -2.16. The van der Waals surface area contributed by atoms with Crippen molar-refractivity contribution in [1.82, 2.24) is 0 Å². The molecule has 0 radical (unpaired) electrons. The van der Waals surface area contributed by atoms with Gasteiger partial charge in [0.05, 0.1) is 11.3 Å². The van der Waals surface area contributed by atoms with E-state index in [-0.39, 0.29) is 5.69 Å². The first-order valence-corrected chi connectivity index (χ1v) is 8.46. The Morgan fingerprint density at radius 1 is 1.00 bits per heavy atom. The van der Waals surface area contributed by atoms with E-state index < -0.39 is 35.8 Å². The van der Waals surface area contributed by atoms with E-state index in [1.807, 2.05) is 32.9 Å². The van der Waals surface area contributed by atoms with Crippen LogP contribution in [-0.4, -0.2) is 18.4 Å². The molecule has 0 aromatic heterocycles. The molecule has 8 heteroatoms. The number of halogens is 3. The first-order valence-electron chi connectivity index (χ1n) is 8.46. The highest BCUT2D eigenvalue weighted by atomic mass is 19.4. The van der Waals surface area contributed by atoms with E-state index in [1.165, 1.54) is 13.0 Å². The Balaban J connectivity index is 2.16. The molecule has 0 aliphatic rings. The monoisotopic (exact) mass is 394 g/mol. The molecule has 5 nitrogen and oxygen atoms in total. The molecule has 28 heavy (non-hydrogen) atoms. The highest BCUT2D eigenvalue weighted by molar-refractivity contribution is 5.94. The second-order valence-electron chi connectivity index (χ2n) is 6.50. The standard InChI is InChI=1S/C20H21F3N2O3/c1-11-7-12(2)19(13(3)8-11)28-10-18(27)25-17-6-5-15(24-14(4)26)9-16(17)20(21,22)23/h5-9H,10H2,1-4H3,(H,24,26)(H,25,27). The van der Waals surface area contributed by atoms with Crippen molar-refractivity contribution in [2.75, 3.05) is 17.2 Å². The van der Waals surface area contributed by atoms with Crippen LogP contribution in [0.25, 0.3) is 0 Å². The lowest BCUT2D eigenvalue weighted by atomic mass is 10.1. The van der Waals surface area contributed by atoms with Gasteiger partial charge in [-0.05, 0) is 50.1 Å². The summed E-state index contributed by atoms with van der Waals surface area (Å²) in [6, 6.07) is 6.92. The van der Waals surface area contributed by atoms with Gasteiger partial charge in [-0.25, -0.2) is 0 Å². The number of carbonyl (C=O) groups is 2. The Hall–Kier alpha value is -3.03. The fourth-order valence-electron chi connectivity index (χ4n) is 2.89. The zero-order valence-electron chi connectivity index (χ0n) is 16.0. The molecule has 0 spiro atoms. The van der Waals surface area contributed by atoms with Crippen LogP contribution in [0, 0.1) is 20.8 Å². The minimum absolute atomic E-state index is 0.0139. The van der Waals surface area contributed by atoms with Gasteiger partial charge in [0, 0.05) is 12.6 Å². The topological polar surface area (TPSA) is 67.4 Å². The molecule has 0 bridgehead atoms. The second kappa shape index (κ2) is 8.33. The third-order valence-electron chi connectivity index (χ3n) is 3.87. The molecule has 2 amide bonds. The second-order valence-corrected chi connectivity index (χ2v) is 6.50. The molecular formula is C20H21F3N2O3. The first-order chi connectivity index (χ1) is 13.0. The minimum Gasteiger partial charge on any atom is -0.483 e. The van der Waals surface area contributed by atoms with Crippen LogP contribution in [0.2, 0.25) is 0 Å². The Morgan fingerprint density at radius 2 is 1.61 bits per heavy atom. The summed E-state index contributed by atoms with van der Waals surface area (Å²) in [5.74, 6) is -0.697. The van der Waals surface area contributed by atoms with Crippen LogP contribution in [0.4, 0.5) is 24.5 Å². The maximum Gasteiger partial charge on any atom is 0.418 e. The van der Waals surface area contributed by atoms with E-state index in [2.05, 4.69) is 10.6 Å². The molecule has 0 saturated heterocycles. The van der Waals surface area contributed by atoms with E-state index in [9.17, 15) is 22.8 Å². The summed E-state index contributed by atoms with van der Waals surface area (Å²) in [7, 11) is 0. The molecule has 2 N–H and O–H groups in total. The Kier molecular flexibility index (Phi) is 6.33. The molecule has 2 aromatic rings. The van der Waals surface area contributed by atoms with Gasteiger partial charge < -0.3 is 15.4 Å². The van der Waals surface area contributed by atoms with Gasteiger partial charge in [-0.15, -0.1) is 0 Å². The van der Waals surface area contributed by atoms with E-state index in [4.69, 9.17) is 4.74 Å². The molecule has 0 atom stereocenters. The lowest BCUT2D eigenvalue weighted by Crippen LogP contribution is -2.23. The summed E-state index contributed by atoms with van der Waals surface area (Å²) >= 11 is 0. The van der Waals surface area contributed by atoms with Crippen molar-refractivity contribution in [2.45, 2.75) is 33.9 Å². The molecular weight excluding hydrogens is 373 g/mol. The van der Waals surface area contributed by atoms with Gasteiger partial charge in [-0.3, -0.25) is 9.59 Å². The third-order valence-corrected chi connectivity index (χ3v) is 3.87. The number of benzene rings is 2. The van der Waals surface area contributed by atoms with Crippen LogP contribution < -0.4 is 15.4 Å². The number of nitrogens with one attached hydrogen (secondary N) is 2. The van der Waals surface area contributed by atoms with E-state index >= 15 is 0 Å². The average molecular weight is 394 g/mol. The summed E-state index contributed by atoms with van der Waals surface area (Å²) in [6.45, 7) is 6.34. The quantitative estimate of drug-likeness (QED) is 0.779. The minimum atomic E-state index is -4.71. The third kappa shape index (κ3) is 5.48. The SMILES string of the molecule is CC(=O)Nc1ccc(NC(=O)COc2c(C)cc(C)cc2C)c(C(F)(F)F)c1. The predicted molar refractivity (Wildman–Crippen MR) is 101 cm³/mol. The van der Waals surface area contributed by atoms with Crippen LogP contribution in [0.15, 0.2) is 30.3 Å². The molecule has 0 heterocycles. The molecule has 2 aromatic carbocycles. The average Bonchev–Trinajstić information content (AvgIpc) is 2.53. The van der Waals surface area contributed by atoms with Crippen LogP contribution in [0.3, 0.4) is 0 Å². The Bertz CT molecular complexity index is 885. The summed E-state index contributed by atoms with van der Waals surface area (Å²) in [5.41, 5.74) is 1.23. The maximum absolute atomic E-state index is 13.3. The molecule has 0 unspecified atom stereocenters. The fourth-order valence-corrected chi connectivity index (χ4v) is 2.89. The summed E-state index contributed by atoms with van der Waals surface area (Å²) in [4.78, 5) is 23.2. The van der Waals surface area contributed by atoms with Crippen molar-refractivity contribution in [3.63, 3.8) is 0 Å². The van der Waals surface area contributed by atoms with Gasteiger partial charge in [-0.2, -0.15) is 13.2 Å². The maximum atomic E-state index is 13.3. The van der Waals surface area contributed by atoms with Gasteiger partial charge in [0.15, 0.2) is 6.61 Å². The molecule has 0 saturated carbocycles. The number of rotatable bonds is 5. The van der Waals surface area contributed by atoms with E-state index in [0.717, 1.165) is 28.8 Å². The highest BCUT2D eigenvalue weighted by Gasteiger charge is 2.34. The number of alkyl halides is 3. The molecule has 2 rings (SSSR count). The number of hydrogen-bond acceptors (Lipinski definition) is 3. The van der Waals surface area contributed by atoms with Crippen molar-refractivity contribution in [2.24, 2.45) is 0 Å². The lowest BCUT2D eigenvalue weighted by molar-refractivity contribution is -0.137. The number of hydrogen-bond donors (Lipinski definition) is 2. The number of ether oxygens (including phenoxy) is 1. The van der Waals surface area contributed by atoms with Crippen molar-refractivity contribution in [3.8, 4) is 5.75 Å². The van der Waals surface area contributed by atoms with Gasteiger partial charge >= 0.3 is 6.18 Å². The first kappa shape index (κ1) is 21.3. The molecule has 150 valence electrons. The summed E-state index contributed by atoms with van der Waals surface area (Å²) in [6.07, 6.45) is -4.71. The Morgan fingerprint density at radius 3 is 2.14 bits per heavy atom. The molecule has 0 aliphatic heterocycles. The largest absolute Gasteiger partial charge is 0.483 e. The number of aryl methyl sites for hydroxylation is 3. The van der Waals surface area contributed by atoms with Gasteiger partial charge in [0.25, 0.3) is 5.91 Å². The van der Waals surface area contributed by atoms with Crippen LogP contribution in [0.5, 0.6) is 5.75 Å². The normalized spacial score (nSPS) is 11.1. The van der Waals surface area contributed by atoms with E-state index in [0.29, 0.717) is 5.75 Å². The Labute approximate surface area is 160 Å². The summed E-state index contributed by atoms with van der Waals surface area (Å²) in [5, 5.41) is 4.51. The van der Waals surface area contributed by atoms with Gasteiger partial charge in [-0.1, -0.05) is 17.7 Å². The van der Waals surface area contributed by atoms with Crippen molar-refractivity contribution < 1.29 is 27.5 Å². The van der Waals surface area contributed by atoms with Crippen molar-refractivity contribution >= 4 is 23.2 Å². The number of amides is 2. The summed E-state index contributed by atoms with van der Waals surface area (Å²) < 4.78 is 45.5. The van der Waals surface area contributed by atoms with Gasteiger partial charge in [0.2, 0.25) is 5.91 Å². The predicted octanol–water partition coefficient (Wildman–Crippen LogP) is 4.61. The highest BCUT2D eigenvalue weighted by Crippen LogP contribution is 2.36. The zero-order chi connectivity index (χ0) is 21.1. The van der Waals surface area contributed by atoms with Crippen LogP contribution >= 0.6 is 0 Å². The van der Waals surface area contributed by atoms with E-state index in [1.54, 1.807) is 0 Å². The van der Waals surface area contributed by atoms with Crippen molar-refractivity contribution in [1.29, 1.82) is 0 Å². The van der Waals surface area contributed by atoms with Crippen LogP contribution in [-0.2, 0) is 15.8 Å². The zero-order valence-corrected chi connectivity index (χ0v) is 16.0. The molecule has 0 fully saturated rings. The number of anilines is 2. The van der Waals surface area contributed by atoms with Gasteiger partial charge in [0.1, 0.15) is 5.75 Å². The molecule has 0 aliphatic carbocycles. The van der Waals surface area contributed by atoms with Crippen molar-refractivity contribution in [3.05, 3.63) is 52.6 Å². The van der Waals surface area contributed by atoms with Crippen LogP contribution in [0.1, 0.15) is 29.2 Å². The smallest absolute Gasteiger partial charge is 0.418 e. The fraction of sp³-hybridized carbons (Fsp3) is 0.300.